The quantitative estimate of drug-likeness (QED) is 0.0181. The van der Waals surface area contributed by atoms with Crippen LogP contribution >= 0.6 is 0 Å². The molecule has 0 aromatic rings. The van der Waals surface area contributed by atoms with Crippen molar-refractivity contribution in [1.29, 1.82) is 0 Å². The van der Waals surface area contributed by atoms with Crippen molar-refractivity contribution in [3.05, 3.63) is 0 Å². The molecule has 0 radical (unpaired) electrons. The Morgan fingerprint density at radius 2 is 1.23 bits per heavy atom. The minimum absolute atomic E-state index is 0.0671. The van der Waals surface area contributed by atoms with E-state index in [4.69, 9.17) is 11.5 Å². The van der Waals surface area contributed by atoms with Gasteiger partial charge < -0.3 is 74.0 Å². The van der Waals surface area contributed by atoms with Crippen LogP contribution in [0.5, 0.6) is 0 Å². The Bertz CT molecular complexity index is 1810. The second-order valence-electron chi connectivity index (χ2n) is 17.7. The Hall–Kier alpha value is -6.11. The molecule has 0 bridgehead atoms. The first-order valence-electron chi connectivity index (χ1n) is 24.2. The number of carbonyl (C=O) groups excluding carboxylic acids is 10. The van der Waals surface area contributed by atoms with Crippen LogP contribution in [-0.4, -0.2) is 180 Å². The van der Waals surface area contributed by atoms with E-state index >= 15 is 0 Å². The molecule has 25 nitrogen and oxygen atoms in total. The molecule has 10 amide bonds. The molecular weight excluding hydrogens is 915 g/mol. The third-order valence-corrected chi connectivity index (χ3v) is 12.0. The SMILES string of the molecule is CCC[C@H](NC(=O)[C@@H](NC(=O)[C@H](NC(=O)[C@H](CCO)NC(=O)CNC(=O)CN(C)C(C)=O)C(C)CC)[C@@H](C)O)C(=O)N[C@H](C(=O)N[C@@H](CCCN=C(N)N)C(=O)N1CCC[C@H]1C(=O)NCC)[C@@H](C)CC. The monoisotopic (exact) mass is 996 g/mol. The van der Waals surface area contributed by atoms with Gasteiger partial charge in [0, 0.05) is 40.2 Å². The summed E-state index contributed by atoms with van der Waals surface area (Å²) < 4.78 is 0. The molecule has 0 spiro atoms. The Kier molecular flexibility index (Phi) is 28.2. The van der Waals surface area contributed by atoms with Crippen molar-refractivity contribution in [2.45, 2.75) is 162 Å². The molecular formula is C45H81N13O12. The van der Waals surface area contributed by atoms with Crippen LogP contribution in [0, 0.1) is 11.8 Å². The molecule has 1 aliphatic rings. The first-order chi connectivity index (χ1) is 33.0. The maximum absolute atomic E-state index is 14.1. The van der Waals surface area contributed by atoms with E-state index < -0.39 is 121 Å². The fourth-order valence-corrected chi connectivity index (χ4v) is 7.40. The van der Waals surface area contributed by atoms with Gasteiger partial charge in [-0.2, -0.15) is 0 Å². The smallest absolute Gasteiger partial charge is 0.245 e. The number of guanidine groups is 1. The Balaban J connectivity index is 3.30. The first-order valence-corrected chi connectivity index (χ1v) is 24.2. The molecule has 1 rings (SSSR count). The van der Waals surface area contributed by atoms with E-state index in [1.807, 2.05) is 0 Å². The normalized spacial score (nSPS) is 17.0. The molecule has 398 valence electrons. The van der Waals surface area contributed by atoms with Gasteiger partial charge in [-0.25, -0.2) is 0 Å². The van der Waals surface area contributed by atoms with Gasteiger partial charge >= 0.3 is 0 Å². The zero-order valence-electron chi connectivity index (χ0n) is 42.4. The average molecular weight is 996 g/mol. The molecule has 70 heavy (non-hydrogen) atoms. The standard InChI is InChI=1S/C45H81N13O12/c1-10-16-29(38(64)54-35(25(5)11-2)41(67)53-31(17-14-20-49-45(46)47)44(70)58-21-15-18-32(58)40(66)48-13-4)52-43(69)37(27(7)60)56-42(68)36(26(6)12-3)55-39(65)30(19-22-59)51-33(62)23-50-34(63)24-57(9)28(8)61/h25-27,29-32,35-37,59-60H,10-24H2,1-9H3,(H,48,66)(H,50,63)(H,51,62)(H,52,69)(H,53,67)(H,54,64)(H,55,65)(H,56,68)(H4,46,47,49)/t25-,26?,27+,29-,30-,31-,32-,35-,36+,37-/m0/s1. The van der Waals surface area contributed by atoms with Gasteiger partial charge in [-0.05, 0) is 64.2 Å². The van der Waals surface area contributed by atoms with Crippen molar-refractivity contribution in [2.24, 2.45) is 28.3 Å². The molecule has 1 unspecified atom stereocenters. The van der Waals surface area contributed by atoms with Crippen molar-refractivity contribution in [1.82, 2.24) is 52.3 Å². The first kappa shape index (κ1) is 61.9. The number of nitrogens with one attached hydrogen (secondary N) is 8. The molecule has 0 aromatic heterocycles. The second-order valence-corrected chi connectivity index (χ2v) is 17.7. The summed E-state index contributed by atoms with van der Waals surface area (Å²) in [6, 6.07) is -8.67. The predicted octanol–water partition coefficient (Wildman–Crippen LogP) is -3.67. The van der Waals surface area contributed by atoms with Crippen molar-refractivity contribution in [2.75, 3.05) is 46.4 Å². The van der Waals surface area contributed by atoms with Gasteiger partial charge in [0.2, 0.25) is 59.1 Å². The fourth-order valence-electron chi connectivity index (χ4n) is 7.40. The van der Waals surface area contributed by atoms with Crippen LogP contribution in [0.2, 0.25) is 0 Å². The number of nitrogens with two attached hydrogens (primary N) is 2. The number of aliphatic hydroxyl groups excluding tert-OH is 2. The van der Waals surface area contributed by atoms with Gasteiger partial charge in [0.1, 0.15) is 42.3 Å². The van der Waals surface area contributed by atoms with Crippen LogP contribution in [0.15, 0.2) is 4.99 Å². The zero-order valence-corrected chi connectivity index (χ0v) is 42.4. The lowest BCUT2D eigenvalue weighted by atomic mass is 9.96. The van der Waals surface area contributed by atoms with Crippen LogP contribution in [-0.2, 0) is 47.9 Å². The highest BCUT2D eigenvalue weighted by molar-refractivity contribution is 5.98. The largest absolute Gasteiger partial charge is 0.396 e. The summed E-state index contributed by atoms with van der Waals surface area (Å²) >= 11 is 0. The molecule has 1 heterocycles. The van der Waals surface area contributed by atoms with Crippen molar-refractivity contribution in [3.8, 4) is 0 Å². The summed E-state index contributed by atoms with van der Waals surface area (Å²) in [5, 5.41) is 41.1. The highest BCUT2D eigenvalue weighted by atomic mass is 16.3. The van der Waals surface area contributed by atoms with E-state index in [2.05, 4.69) is 47.5 Å². The van der Waals surface area contributed by atoms with E-state index in [0.29, 0.717) is 51.6 Å². The molecule has 0 saturated carbocycles. The number of hydrogen-bond acceptors (Lipinski definition) is 13. The van der Waals surface area contributed by atoms with E-state index in [1.165, 1.54) is 25.8 Å². The van der Waals surface area contributed by atoms with Crippen molar-refractivity contribution in [3.63, 3.8) is 0 Å². The van der Waals surface area contributed by atoms with Gasteiger partial charge in [0.05, 0.1) is 19.2 Å². The minimum atomic E-state index is -1.66. The number of hydrogen-bond donors (Lipinski definition) is 12. The highest BCUT2D eigenvalue weighted by Gasteiger charge is 2.40. The molecule has 14 N–H and O–H groups in total. The van der Waals surface area contributed by atoms with E-state index in [9.17, 15) is 58.2 Å². The summed E-state index contributed by atoms with van der Waals surface area (Å²) in [6.07, 6.45) is 0.803. The lowest BCUT2D eigenvalue weighted by molar-refractivity contribution is -0.142. The van der Waals surface area contributed by atoms with Crippen molar-refractivity contribution < 1.29 is 58.2 Å². The number of nitrogens with zero attached hydrogens (tertiary/aromatic N) is 3. The third kappa shape index (κ3) is 20.9. The highest BCUT2D eigenvalue weighted by Crippen LogP contribution is 2.21. The Labute approximate surface area is 410 Å². The van der Waals surface area contributed by atoms with Crippen molar-refractivity contribution >= 4 is 65.0 Å². The predicted molar refractivity (Wildman–Crippen MR) is 258 cm³/mol. The lowest BCUT2D eigenvalue weighted by Crippen LogP contribution is -2.63. The summed E-state index contributed by atoms with van der Waals surface area (Å²) in [4.78, 5) is 139. The molecule has 1 saturated heterocycles. The zero-order chi connectivity index (χ0) is 53.2. The maximum Gasteiger partial charge on any atom is 0.245 e. The Morgan fingerprint density at radius 3 is 1.73 bits per heavy atom. The molecule has 0 aromatic carbocycles. The summed E-state index contributed by atoms with van der Waals surface area (Å²) in [6.45, 7) is 12.3. The number of aliphatic imine (C=N–C) groups is 1. The molecule has 1 fully saturated rings. The van der Waals surface area contributed by atoms with Crippen LogP contribution in [0.4, 0.5) is 0 Å². The fraction of sp³-hybridized carbons (Fsp3) is 0.756. The topological polar surface area (TPSA) is 378 Å². The number of carbonyl (C=O) groups is 10. The molecule has 25 heteroatoms. The number of amides is 10. The number of aliphatic hydroxyl groups is 2. The number of likely N-dealkylation sites (N-methyl/N-ethyl adjacent to an activating group) is 2. The molecule has 0 aliphatic carbocycles. The maximum atomic E-state index is 14.1. The summed E-state index contributed by atoms with van der Waals surface area (Å²) in [7, 11) is 1.40. The van der Waals surface area contributed by atoms with Gasteiger partial charge in [-0.3, -0.25) is 52.9 Å². The van der Waals surface area contributed by atoms with Crippen LogP contribution in [0.1, 0.15) is 113 Å². The van der Waals surface area contributed by atoms with Gasteiger partial charge in [-0.15, -0.1) is 0 Å². The van der Waals surface area contributed by atoms with Crippen LogP contribution in [0.3, 0.4) is 0 Å². The molecule has 1 aliphatic heterocycles. The lowest BCUT2D eigenvalue weighted by Gasteiger charge is -2.32. The van der Waals surface area contributed by atoms with Gasteiger partial charge in [0.25, 0.3) is 0 Å². The van der Waals surface area contributed by atoms with Crippen LogP contribution < -0.4 is 54.0 Å². The second kappa shape index (κ2) is 31.9. The number of likely N-dealkylation sites (tertiary alicyclic amines) is 1. The van der Waals surface area contributed by atoms with Crippen LogP contribution in [0.25, 0.3) is 0 Å². The molecule has 10 atom stereocenters. The van der Waals surface area contributed by atoms with E-state index in [1.54, 1.807) is 41.5 Å². The van der Waals surface area contributed by atoms with Gasteiger partial charge in [-0.1, -0.05) is 53.9 Å². The summed E-state index contributed by atoms with van der Waals surface area (Å²) in [5.41, 5.74) is 11.0. The number of rotatable bonds is 31. The minimum Gasteiger partial charge on any atom is -0.396 e. The van der Waals surface area contributed by atoms with E-state index in [-0.39, 0.29) is 50.1 Å². The van der Waals surface area contributed by atoms with E-state index in [0.717, 1.165) is 4.90 Å². The average Bonchev–Trinajstić information content (AvgIpc) is 3.81. The third-order valence-electron chi connectivity index (χ3n) is 12.0. The Morgan fingerprint density at radius 1 is 0.700 bits per heavy atom. The van der Waals surface area contributed by atoms with Gasteiger partial charge in [0.15, 0.2) is 5.96 Å². The summed E-state index contributed by atoms with van der Waals surface area (Å²) in [5.74, 6) is -7.98.